The summed E-state index contributed by atoms with van der Waals surface area (Å²) in [5, 5.41) is 15.2. The van der Waals surface area contributed by atoms with Crippen molar-refractivity contribution >= 4 is 17.4 Å². The Bertz CT molecular complexity index is 688. The molecule has 0 spiro atoms. The number of hydrogen-bond acceptors (Lipinski definition) is 7. The highest BCUT2D eigenvalue weighted by Crippen LogP contribution is 2.26. The molecular weight excluding hydrogens is 316 g/mol. The lowest BCUT2D eigenvalue weighted by atomic mass is 10.2. The largest absolute Gasteiger partial charge is 0.338 e. The van der Waals surface area contributed by atoms with Gasteiger partial charge in [0, 0.05) is 41.3 Å². The lowest BCUT2D eigenvalue weighted by Crippen LogP contribution is -2.44. The van der Waals surface area contributed by atoms with Gasteiger partial charge < -0.3 is 4.52 Å². The fourth-order valence-electron chi connectivity index (χ4n) is 2.56. The van der Waals surface area contributed by atoms with Gasteiger partial charge in [0.25, 0.3) is 5.69 Å². The maximum Gasteiger partial charge on any atom is 0.269 e. The first-order valence-electron chi connectivity index (χ1n) is 7.47. The van der Waals surface area contributed by atoms with Crippen LogP contribution in [0, 0.1) is 10.1 Å². The van der Waals surface area contributed by atoms with Gasteiger partial charge in [-0.15, -0.1) is 0 Å². The van der Waals surface area contributed by atoms with Crippen molar-refractivity contribution in [3.05, 3.63) is 40.3 Å². The van der Waals surface area contributed by atoms with Crippen LogP contribution in [0.15, 0.2) is 28.8 Å². The van der Waals surface area contributed by atoms with Crippen molar-refractivity contribution in [2.45, 2.75) is 31.7 Å². The molecule has 0 aliphatic carbocycles. The van der Waals surface area contributed by atoms with E-state index in [1.165, 1.54) is 12.1 Å². The molecule has 0 N–H and O–H groups in total. The zero-order valence-corrected chi connectivity index (χ0v) is 13.8. The van der Waals surface area contributed by atoms with Crippen molar-refractivity contribution in [2.75, 3.05) is 12.3 Å². The van der Waals surface area contributed by atoms with Gasteiger partial charge in [-0.05, 0) is 19.1 Å². The Morgan fingerprint density at radius 3 is 2.83 bits per heavy atom. The SMILES string of the molecule is CC1SCCN(Cc2nc(-c3ccc([N+](=O)[O-])cc3)no2)C1C. The quantitative estimate of drug-likeness (QED) is 0.627. The standard InChI is InChI=1S/C15H18N4O3S/c1-10-11(2)23-8-7-18(10)9-14-16-15(17-22-14)12-3-5-13(6-4-12)19(20)21/h3-6,10-11H,7-9H2,1-2H3. The number of hydrogen-bond donors (Lipinski definition) is 0. The third kappa shape index (κ3) is 3.53. The first kappa shape index (κ1) is 15.9. The molecule has 122 valence electrons. The van der Waals surface area contributed by atoms with E-state index in [9.17, 15) is 10.1 Å². The van der Waals surface area contributed by atoms with E-state index in [-0.39, 0.29) is 5.69 Å². The van der Waals surface area contributed by atoms with E-state index in [2.05, 4.69) is 28.9 Å². The van der Waals surface area contributed by atoms with Gasteiger partial charge in [-0.2, -0.15) is 16.7 Å². The number of non-ortho nitro benzene ring substituents is 1. The van der Waals surface area contributed by atoms with Gasteiger partial charge >= 0.3 is 0 Å². The predicted octanol–water partition coefficient (Wildman–Crippen LogP) is 2.97. The van der Waals surface area contributed by atoms with E-state index in [1.54, 1.807) is 12.1 Å². The molecule has 7 nitrogen and oxygen atoms in total. The van der Waals surface area contributed by atoms with Gasteiger partial charge in [-0.3, -0.25) is 15.0 Å². The van der Waals surface area contributed by atoms with Crippen LogP contribution in [0.4, 0.5) is 5.69 Å². The summed E-state index contributed by atoms with van der Waals surface area (Å²) < 4.78 is 5.34. The molecule has 1 saturated heterocycles. The van der Waals surface area contributed by atoms with Gasteiger partial charge in [-0.25, -0.2) is 0 Å². The second kappa shape index (κ2) is 6.67. The third-order valence-electron chi connectivity index (χ3n) is 4.16. The van der Waals surface area contributed by atoms with Crippen LogP contribution in [0.1, 0.15) is 19.7 Å². The van der Waals surface area contributed by atoms with Crippen molar-refractivity contribution in [3.63, 3.8) is 0 Å². The zero-order valence-electron chi connectivity index (χ0n) is 13.0. The highest BCUT2D eigenvalue weighted by atomic mass is 32.2. The Labute approximate surface area is 138 Å². The minimum Gasteiger partial charge on any atom is -0.338 e. The maximum atomic E-state index is 10.7. The normalized spacial score (nSPS) is 22.2. The van der Waals surface area contributed by atoms with Crippen LogP contribution in [0.3, 0.4) is 0 Å². The first-order chi connectivity index (χ1) is 11.0. The minimum atomic E-state index is -0.428. The smallest absolute Gasteiger partial charge is 0.269 e. The summed E-state index contributed by atoms with van der Waals surface area (Å²) in [6, 6.07) is 6.61. The van der Waals surface area contributed by atoms with Crippen LogP contribution in [-0.4, -0.2) is 43.6 Å². The molecule has 2 aromatic rings. The lowest BCUT2D eigenvalue weighted by molar-refractivity contribution is -0.384. The van der Waals surface area contributed by atoms with Crippen molar-refractivity contribution < 1.29 is 9.45 Å². The number of aromatic nitrogens is 2. The van der Waals surface area contributed by atoms with Gasteiger partial charge in [0.1, 0.15) is 0 Å². The topological polar surface area (TPSA) is 85.3 Å². The van der Waals surface area contributed by atoms with Crippen LogP contribution in [-0.2, 0) is 6.54 Å². The fraction of sp³-hybridized carbons (Fsp3) is 0.467. The summed E-state index contributed by atoms with van der Waals surface area (Å²) >= 11 is 1.98. The molecule has 2 heterocycles. The molecule has 1 aromatic heterocycles. The summed E-state index contributed by atoms with van der Waals surface area (Å²) in [5.74, 6) is 2.14. The number of benzene rings is 1. The van der Waals surface area contributed by atoms with Crippen LogP contribution >= 0.6 is 11.8 Å². The molecule has 0 bridgehead atoms. The van der Waals surface area contributed by atoms with Crippen molar-refractivity contribution in [3.8, 4) is 11.4 Å². The van der Waals surface area contributed by atoms with E-state index < -0.39 is 4.92 Å². The maximum absolute atomic E-state index is 10.7. The van der Waals surface area contributed by atoms with E-state index in [0.717, 1.165) is 12.3 Å². The zero-order chi connectivity index (χ0) is 16.4. The molecule has 1 fully saturated rings. The molecule has 3 rings (SSSR count). The molecule has 0 radical (unpaired) electrons. The molecule has 0 saturated carbocycles. The Balaban J connectivity index is 1.71. The average molecular weight is 334 g/mol. The molecule has 1 aliphatic rings. The van der Waals surface area contributed by atoms with Crippen LogP contribution in [0.25, 0.3) is 11.4 Å². The molecular formula is C15H18N4O3S. The summed E-state index contributed by atoms with van der Waals surface area (Å²) in [7, 11) is 0. The lowest BCUT2D eigenvalue weighted by Gasteiger charge is -2.36. The summed E-state index contributed by atoms with van der Waals surface area (Å²) in [5.41, 5.74) is 0.757. The molecule has 23 heavy (non-hydrogen) atoms. The van der Waals surface area contributed by atoms with E-state index in [1.807, 2.05) is 11.8 Å². The van der Waals surface area contributed by atoms with Gasteiger partial charge in [-0.1, -0.05) is 12.1 Å². The second-order valence-corrected chi connectivity index (χ2v) is 7.09. The number of rotatable bonds is 4. The first-order valence-corrected chi connectivity index (χ1v) is 8.52. The molecule has 1 aromatic carbocycles. The van der Waals surface area contributed by atoms with Crippen molar-refractivity contribution in [2.24, 2.45) is 0 Å². The third-order valence-corrected chi connectivity index (χ3v) is 5.50. The van der Waals surface area contributed by atoms with E-state index >= 15 is 0 Å². The highest BCUT2D eigenvalue weighted by molar-refractivity contribution is 8.00. The predicted molar refractivity (Wildman–Crippen MR) is 88.2 cm³/mol. The molecule has 1 aliphatic heterocycles. The fourth-order valence-corrected chi connectivity index (χ4v) is 3.72. The number of nitro groups is 1. The number of thioether (sulfide) groups is 1. The average Bonchev–Trinajstić information content (AvgIpc) is 3.00. The van der Waals surface area contributed by atoms with Crippen molar-refractivity contribution in [1.29, 1.82) is 0 Å². The molecule has 2 unspecified atom stereocenters. The van der Waals surface area contributed by atoms with Crippen molar-refractivity contribution in [1.82, 2.24) is 15.0 Å². The minimum absolute atomic E-state index is 0.0473. The molecule has 8 heteroatoms. The summed E-state index contributed by atoms with van der Waals surface area (Å²) in [4.78, 5) is 17.0. The Morgan fingerprint density at radius 1 is 1.39 bits per heavy atom. The van der Waals surface area contributed by atoms with E-state index in [0.29, 0.717) is 35.1 Å². The number of nitro benzene ring substituents is 1. The van der Waals surface area contributed by atoms with Crippen LogP contribution in [0.2, 0.25) is 0 Å². The van der Waals surface area contributed by atoms with E-state index in [4.69, 9.17) is 4.52 Å². The molecule has 2 atom stereocenters. The molecule has 0 amide bonds. The number of nitrogens with zero attached hydrogens (tertiary/aromatic N) is 4. The summed E-state index contributed by atoms with van der Waals surface area (Å²) in [6.45, 7) is 6.08. The summed E-state index contributed by atoms with van der Waals surface area (Å²) in [6.07, 6.45) is 0. The Morgan fingerprint density at radius 2 is 2.13 bits per heavy atom. The monoisotopic (exact) mass is 334 g/mol. The Hall–Kier alpha value is -1.93. The Kier molecular flexibility index (Phi) is 4.63. The van der Waals surface area contributed by atoms with Gasteiger partial charge in [0.2, 0.25) is 11.7 Å². The van der Waals surface area contributed by atoms with Gasteiger partial charge in [0.15, 0.2) is 0 Å². The highest BCUT2D eigenvalue weighted by Gasteiger charge is 2.26. The van der Waals surface area contributed by atoms with Crippen LogP contribution in [0.5, 0.6) is 0 Å². The van der Waals surface area contributed by atoms with Gasteiger partial charge in [0.05, 0.1) is 11.5 Å². The second-order valence-electron chi connectivity index (χ2n) is 5.60. The van der Waals surface area contributed by atoms with Crippen LogP contribution < -0.4 is 0 Å².